The highest BCUT2D eigenvalue weighted by molar-refractivity contribution is 5.85. The molecule has 0 saturated heterocycles. The minimum Gasteiger partial charge on any atom is -0.497 e. The molecule has 0 aliphatic carbocycles. The number of hydrogen-bond donors (Lipinski definition) is 1. The highest BCUT2D eigenvalue weighted by Crippen LogP contribution is 2.30. The summed E-state index contributed by atoms with van der Waals surface area (Å²) in [5.74, 6) is 2.40. The molecule has 22 heavy (non-hydrogen) atoms. The smallest absolute Gasteiger partial charge is 0.165 e. The number of rotatable bonds is 7. The van der Waals surface area contributed by atoms with Crippen molar-refractivity contribution in [2.45, 2.75) is 13.1 Å². The summed E-state index contributed by atoms with van der Waals surface area (Å²) in [5, 5.41) is 3.41. The molecule has 0 heterocycles. The maximum absolute atomic E-state index is 5.42. The number of hydrogen-bond acceptors (Lipinski definition) is 4. The van der Waals surface area contributed by atoms with Gasteiger partial charge >= 0.3 is 0 Å². The zero-order chi connectivity index (χ0) is 15.1. The molecule has 2 aromatic rings. The number of benzene rings is 2. The highest BCUT2D eigenvalue weighted by Gasteiger charge is 2.08. The molecule has 0 aromatic heterocycles. The van der Waals surface area contributed by atoms with Crippen LogP contribution in [-0.4, -0.2) is 21.3 Å². The van der Waals surface area contributed by atoms with E-state index in [2.05, 4.69) is 17.4 Å². The van der Waals surface area contributed by atoms with Crippen LogP contribution in [0.15, 0.2) is 42.5 Å². The van der Waals surface area contributed by atoms with Gasteiger partial charge in [-0.1, -0.05) is 24.3 Å². The van der Waals surface area contributed by atoms with Crippen molar-refractivity contribution in [1.82, 2.24) is 5.32 Å². The van der Waals surface area contributed by atoms with Crippen molar-refractivity contribution in [2.75, 3.05) is 21.3 Å². The van der Waals surface area contributed by atoms with E-state index in [9.17, 15) is 0 Å². The van der Waals surface area contributed by atoms with E-state index >= 15 is 0 Å². The van der Waals surface area contributed by atoms with Crippen LogP contribution in [0.5, 0.6) is 17.2 Å². The van der Waals surface area contributed by atoms with Crippen molar-refractivity contribution in [3.05, 3.63) is 53.6 Å². The van der Waals surface area contributed by atoms with Crippen LogP contribution in [0.1, 0.15) is 11.1 Å². The van der Waals surface area contributed by atoms with E-state index in [4.69, 9.17) is 14.2 Å². The van der Waals surface area contributed by atoms with E-state index in [-0.39, 0.29) is 12.4 Å². The molecule has 5 heteroatoms. The van der Waals surface area contributed by atoms with E-state index in [0.717, 1.165) is 29.4 Å². The van der Waals surface area contributed by atoms with E-state index in [1.54, 1.807) is 21.3 Å². The number of para-hydroxylation sites is 1. The van der Waals surface area contributed by atoms with Crippen molar-refractivity contribution in [3.63, 3.8) is 0 Å². The Labute approximate surface area is 137 Å². The monoisotopic (exact) mass is 323 g/mol. The molecule has 0 spiro atoms. The Bertz CT molecular complexity index is 573. The van der Waals surface area contributed by atoms with Gasteiger partial charge in [0.2, 0.25) is 0 Å². The summed E-state index contributed by atoms with van der Waals surface area (Å²) in [6.07, 6.45) is 0. The van der Waals surface area contributed by atoms with Crippen LogP contribution in [0.25, 0.3) is 0 Å². The Morgan fingerprint density at radius 2 is 1.55 bits per heavy atom. The van der Waals surface area contributed by atoms with Crippen LogP contribution in [0.2, 0.25) is 0 Å². The van der Waals surface area contributed by atoms with Gasteiger partial charge in [0.05, 0.1) is 21.3 Å². The Kier molecular flexibility index (Phi) is 7.57. The predicted molar refractivity (Wildman–Crippen MR) is 90.3 cm³/mol. The maximum atomic E-state index is 5.42. The molecule has 1 N–H and O–H groups in total. The van der Waals surface area contributed by atoms with Gasteiger partial charge in [0, 0.05) is 18.7 Å². The predicted octanol–water partition coefficient (Wildman–Crippen LogP) is 3.42. The van der Waals surface area contributed by atoms with Crippen LogP contribution in [0.3, 0.4) is 0 Å². The molecule has 0 aliphatic heterocycles. The molecule has 2 aromatic carbocycles. The van der Waals surface area contributed by atoms with Gasteiger partial charge in [0.25, 0.3) is 0 Å². The lowest BCUT2D eigenvalue weighted by atomic mass is 10.1. The molecular weight excluding hydrogens is 302 g/mol. The highest BCUT2D eigenvalue weighted by atomic mass is 35.5. The van der Waals surface area contributed by atoms with Crippen molar-refractivity contribution in [1.29, 1.82) is 0 Å². The molecular formula is C17H22ClNO3. The third kappa shape index (κ3) is 4.55. The van der Waals surface area contributed by atoms with Crippen LogP contribution in [-0.2, 0) is 13.1 Å². The van der Waals surface area contributed by atoms with Gasteiger partial charge in [0.1, 0.15) is 5.75 Å². The number of methoxy groups -OCH3 is 3. The standard InChI is InChI=1S/C17H21NO3.ClH/c1-19-15-9-7-13(8-10-15)11-18-12-14-5-4-6-16(20-2)17(14)21-3;/h4-10,18H,11-12H2,1-3H3;1H. The molecule has 0 amide bonds. The lowest BCUT2D eigenvalue weighted by Gasteiger charge is -2.13. The number of ether oxygens (including phenoxy) is 3. The van der Waals surface area contributed by atoms with Gasteiger partial charge in [-0.25, -0.2) is 0 Å². The molecule has 120 valence electrons. The fourth-order valence-corrected chi connectivity index (χ4v) is 2.18. The molecule has 0 saturated carbocycles. The summed E-state index contributed by atoms with van der Waals surface area (Å²) in [6, 6.07) is 13.9. The van der Waals surface area contributed by atoms with E-state index in [0.29, 0.717) is 6.54 Å². The molecule has 0 unspecified atom stereocenters. The van der Waals surface area contributed by atoms with Gasteiger partial charge in [-0.05, 0) is 23.8 Å². The number of nitrogens with one attached hydrogen (secondary N) is 1. The summed E-state index contributed by atoms with van der Waals surface area (Å²) < 4.78 is 15.9. The van der Waals surface area contributed by atoms with Crippen molar-refractivity contribution >= 4 is 12.4 Å². The third-order valence-electron chi connectivity index (χ3n) is 3.29. The van der Waals surface area contributed by atoms with E-state index in [1.807, 2.05) is 30.3 Å². The van der Waals surface area contributed by atoms with Crippen LogP contribution in [0.4, 0.5) is 0 Å². The first-order valence-electron chi connectivity index (χ1n) is 6.82. The quantitative estimate of drug-likeness (QED) is 0.847. The molecule has 0 aliphatic rings. The Hall–Kier alpha value is -1.91. The van der Waals surface area contributed by atoms with Gasteiger partial charge in [-0.3, -0.25) is 0 Å². The molecule has 0 fully saturated rings. The first-order chi connectivity index (χ1) is 10.3. The first-order valence-corrected chi connectivity index (χ1v) is 6.82. The Morgan fingerprint density at radius 1 is 0.818 bits per heavy atom. The van der Waals surface area contributed by atoms with Gasteiger partial charge < -0.3 is 19.5 Å². The molecule has 2 rings (SSSR count). The summed E-state index contributed by atoms with van der Waals surface area (Å²) >= 11 is 0. The zero-order valence-corrected chi connectivity index (χ0v) is 13.9. The largest absolute Gasteiger partial charge is 0.497 e. The average Bonchev–Trinajstić information content (AvgIpc) is 2.55. The normalized spacial score (nSPS) is 9.77. The van der Waals surface area contributed by atoms with E-state index in [1.165, 1.54) is 5.56 Å². The Morgan fingerprint density at radius 3 is 2.14 bits per heavy atom. The topological polar surface area (TPSA) is 39.7 Å². The SMILES string of the molecule is COc1ccc(CNCc2cccc(OC)c2OC)cc1.Cl. The van der Waals surface area contributed by atoms with Crippen molar-refractivity contribution < 1.29 is 14.2 Å². The van der Waals surface area contributed by atoms with Crippen molar-refractivity contribution in [2.24, 2.45) is 0 Å². The molecule has 0 bridgehead atoms. The zero-order valence-electron chi connectivity index (χ0n) is 13.1. The van der Waals surface area contributed by atoms with Crippen molar-refractivity contribution in [3.8, 4) is 17.2 Å². The van der Waals surface area contributed by atoms with Crippen LogP contribution >= 0.6 is 12.4 Å². The molecule has 0 atom stereocenters. The van der Waals surface area contributed by atoms with Gasteiger partial charge in [-0.2, -0.15) is 0 Å². The fraction of sp³-hybridized carbons (Fsp3) is 0.294. The minimum atomic E-state index is 0. The second-order valence-electron chi connectivity index (χ2n) is 4.60. The summed E-state index contributed by atoms with van der Waals surface area (Å²) in [7, 11) is 4.97. The third-order valence-corrected chi connectivity index (χ3v) is 3.29. The average molecular weight is 324 g/mol. The Balaban J connectivity index is 0.00000242. The van der Waals surface area contributed by atoms with Gasteiger partial charge in [0.15, 0.2) is 11.5 Å². The summed E-state index contributed by atoms with van der Waals surface area (Å²) in [6.45, 7) is 1.50. The summed E-state index contributed by atoms with van der Waals surface area (Å²) in [4.78, 5) is 0. The lowest BCUT2D eigenvalue weighted by molar-refractivity contribution is 0.350. The second kappa shape index (κ2) is 9.18. The first kappa shape index (κ1) is 18.1. The van der Waals surface area contributed by atoms with E-state index < -0.39 is 0 Å². The molecule has 0 radical (unpaired) electrons. The van der Waals surface area contributed by atoms with Crippen LogP contribution < -0.4 is 19.5 Å². The maximum Gasteiger partial charge on any atom is 0.165 e. The minimum absolute atomic E-state index is 0. The second-order valence-corrected chi connectivity index (χ2v) is 4.60. The van der Waals surface area contributed by atoms with Crippen LogP contribution in [0, 0.1) is 0 Å². The lowest BCUT2D eigenvalue weighted by Crippen LogP contribution is -2.13. The number of halogens is 1. The van der Waals surface area contributed by atoms with Gasteiger partial charge in [-0.15, -0.1) is 12.4 Å². The summed E-state index contributed by atoms with van der Waals surface area (Å²) in [5.41, 5.74) is 2.28. The fourth-order valence-electron chi connectivity index (χ4n) is 2.18. The molecule has 4 nitrogen and oxygen atoms in total.